The van der Waals surface area contributed by atoms with Gasteiger partial charge in [-0.3, -0.25) is 4.79 Å². The van der Waals surface area contributed by atoms with Crippen LogP contribution in [0.1, 0.15) is 23.5 Å². The van der Waals surface area contributed by atoms with Gasteiger partial charge < -0.3 is 9.64 Å². The van der Waals surface area contributed by atoms with Gasteiger partial charge in [0.05, 0.1) is 24.4 Å². The molecule has 1 fully saturated rings. The summed E-state index contributed by atoms with van der Waals surface area (Å²) in [5.41, 5.74) is 1.57. The first-order chi connectivity index (χ1) is 14.8. The lowest BCUT2D eigenvalue weighted by Gasteiger charge is -2.22. The molecule has 1 aromatic heterocycles. The first-order valence-corrected chi connectivity index (χ1v) is 10.0. The zero-order valence-corrected chi connectivity index (χ0v) is 17.6. The largest absolute Gasteiger partial charge is 0.489 e. The number of ether oxygens (including phenoxy) is 1. The van der Waals surface area contributed by atoms with Crippen molar-refractivity contribution in [3.8, 4) is 5.75 Å². The van der Waals surface area contributed by atoms with Gasteiger partial charge in [-0.15, -0.1) is 0 Å². The molecule has 7 heteroatoms. The van der Waals surface area contributed by atoms with Crippen LogP contribution in [0.2, 0.25) is 0 Å². The number of aromatic nitrogens is 2. The van der Waals surface area contributed by atoms with Crippen LogP contribution in [-0.2, 0) is 10.2 Å². The third-order valence-corrected chi connectivity index (χ3v) is 5.88. The van der Waals surface area contributed by atoms with Crippen molar-refractivity contribution in [2.45, 2.75) is 25.7 Å². The van der Waals surface area contributed by atoms with Crippen LogP contribution >= 0.6 is 0 Å². The van der Waals surface area contributed by atoms with Crippen molar-refractivity contribution >= 4 is 11.6 Å². The van der Waals surface area contributed by atoms with Crippen LogP contribution < -0.4 is 9.64 Å². The van der Waals surface area contributed by atoms with Crippen LogP contribution in [0, 0.1) is 31.4 Å². The molecule has 0 bridgehead atoms. The Morgan fingerprint density at radius 2 is 1.71 bits per heavy atom. The van der Waals surface area contributed by atoms with Crippen molar-refractivity contribution < 1.29 is 18.3 Å². The van der Waals surface area contributed by atoms with Gasteiger partial charge in [0.25, 0.3) is 0 Å². The van der Waals surface area contributed by atoms with E-state index in [0.717, 1.165) is 5.56 Å². The Kier molecular flexibility index (Phi) is 5.43. The normalized spacial score (nSPS) is 19.7. The fraction of sp³-hybridized carbons (Fsp3) is 0.292. The van der Waals surface area contributed by atoms with Crippen LogP contribution in [-0.4, -0.2) is 29.5 Å². The van der Waals surface area contributed by atoms with Crippen LogP contribution in [0.15, 0.2) is 54.7 Å². The number of benzene rings is 2. The molecule has 1 saturated carbocycles. The molecular weight excluding hydrogens is 400 g/mol. The Morgan fingerprint density at radius 3 is 2.32 bits per heavy atom. The highest BCUT2D eigenvalue weighted by molar-refractivity contribution is 5.97. The maximum absolute atomic E-state index is 13.5. The smallest absolute Gasteiger partial charge is 0.230 e. The maximum Gasteiger partial charge on any atom is 0.230 e. The quantitative estimate of drug-likeness (QED) is 0.591. The Bertz CT molecular complexity index is 1100. The number of nitrogens with zero attached hydrogens (tertiary/aromatic N) is 3. The molecule has 4 rings (SSSR count). The van der Waals surface area contributed by atoms with Crippen molar-refractivity contribution in [2.75, 3.05) is 18.6 Å². The molecule has 3 aromatic rings. The van der Waals surface area contributed by atoms with E-state index in [1.54, 1.807) is 44.4 Å². The van der Waals surface area contributed by atoms with Crippen LogP contribution in [0.25, 0.3) is 0 Å². The lowest BCUT2D eigenvalue weighted by molar-refractivity contribution is -0.120. The summed E-state index contributed by atoms with van der Waals surface area (Å²) in [4.78, 5) is 23.3. The lowest BCUT2D eigenvalue weighted by Crippen LogP contribution is -2.33. The van der Waals surface area contributed by atoms with E-state index in [4.69, 9.17) is 4.74 Å². The second-order valence-corrected chi connectivity index (χ2v) is 7.95. The predicted octanol–water partition coefficient (Wildman–Crippen LogP) is 4.37. The van der Waals surface area contributed by atoms with Gasteiger partial charge in [0, 0.05) is 18.2 Å². The van der Waals surface area contributed by atoms with Gasteiger partial charge in [0.15, 0.2) is 5.75 Å². The number of halogens is 2. The van der Waals surface area contributed by atoms with Crippen molar-refractivity contribution in [3.63, 3.8) is 0 Å². The van der Waals surface area contributed by atoms with Gasteiger partial charge in [-0.1, -0.05) is 12.1 Å². The molecule has 0 unspecified atom stereocenters. The van der Waals surface area contributed by atoms with E-state index in [0.29, 0.717) is 29.4 Å². The third kappa shape index (κ3) is 4.13. The summed E-state index contributed by atoms with van der Waals surface area (Å²) in [6, 6.07) is 12.0. The maximum atomic E-state index is 13.5. The highest BCUT2D eigenvalue weighted by atomic mass is 19.1. The molecule has 1 aliphatic rings. The molecule has 2 aromatic carbocycles. The van der Waals surface area contributed by atoms with E-state index >= 15 is 0 Å². The Morgan fingerprint density at radius 1 is 1.10 bits per heavy atom. The van der Waals surface area contributed by atoms with Gasteiger partial charge in [0.1, 0.15) is 17.5 Å². The number of anilines is 1. The molecule has 0 saturated heterocycles. The molecule has 0 N–H and O–H groups in total. The van der Waals surface area contributed by atoms with E-state index in [1.165, 1.54) is 29.2 Å². The van der Waals surface area contributed by atoms with E-state index in [2.05, 4.69) is 9.97 Å². The van der Waals surface area contributed by atoms with Gasteiger partial charge in [-0.25, -0.2) is 18.7 Å². The number of carbonyl (C=O) groups excluding carboxylic acids is 1. The fourth-order valence-corrected chi connectivity index (χ4v) is 3.92. The van der Waals surface area contributed by atoms with E-state index in [9.17, 15) is 13.6 Å². The zero-order chi connectivity index (χ0) is 22.2. The molecule has 0 aliphatic heterocycles. The van der Waals surface area contributed by atoms with E-state index in [1.807, 2.05) is 6.92 Å². The van der Waals surface area contributed by atoms with E-state index < -0.39 is 5.41 Å². The fourth-order valence-electron chi connectivity index (χ4n) is 3.92. The van der Waals surface area contributed by atoms with Crippen molar-refractivity contribution in [2.24, 2.45) is 5.92 Å². The first kappa shape index (κ1) is 20.9. The minimum Gasteiger partial charge on any atom is -0.489 e. The average Bonchev–Trinajstić information content (AvgIpc) is 3.49. The summed E-state index contributed by atoms with van der Waals surface area (Å²) in [5, 5.41) is 0. The van der Waals surface area contributed by atoms with Crippen molar-refractivity contribution in [3.05, 3.63) is 83.4 Å². The monoisotopic (exact) mass is 423 g/mol. The highest BCUT2D eigenvalue weighted by Crippen LogP contribution is 2.55. The number of carbonyl (C=O) groups is 1. The number of rotatable bonds is 6. The van der Waals surface area contributed by atoms with Gasteiger partial charge >= 0.3 is 0 Å². The second kappa shape index (κ2) is 8.06. The number of hydrogen-bond acceptors (Lipinski definition) is 4. The second-order valence-electron chi connectivity index (χ2n) is 7.95. The number of amides is 1. The summed E-state index contributed by atoms with van der Waals surface area (Å²) < 4.78 is 32.8. The minimum atomic E-state index is -0.587. The molecule has 5 nitrogen and oxygen atoms in total. The van der Waals surface area contributed by atoms with Crippen LogP contribution in [0.5, 0.6) is 5.75 Å². The number of hydrogen-bond donors (Lipinski definition) is 0. The molecule has 1 aliphatic carbocycles. The Hall–Kier alpha value is -3.35. The molecular formula is C24H23F2N3O2. The van der Waals surface area contributed by atoms with Gasteiger partial charge in [-0.05, 0) is 62.2 Å². The molecule has 2 atom stereocenters. The highest BCUT2D eigenvalue weighted by Gasteiger charge is 2.60. The average molecular weight is 423 g/mol. The molecule has 1 amide bonds. The third-order valence-electron chi connectivity index (χ3n) is 5.88. The Labute approximate surface area is 179 Å². The summed E-state index contributed by atoms with van der Waals surface area (Å²) >= 11 is 0. The summed E-state index contributed by atoms with van der Waals surface area (Å²) in [7, 11) is 1.67. The molecule has 160 valence electrons. The first-order valence-electron chi connectivity index (χ1n) is 10.0. The molecule has 1 heterocycles. The zero-order valence-electron chi connectivity index (χ0n) is 17.6. The van der Waals surface area contributed by atoms with Gasteiger partial charge in [-0.2, -0.15) is 0 Å². The predicted molar refractivity (Wildman–Crippen MR) is 113 cm³/mol. The Balaban J connectivity index is 1.59. The topological polar surface area (TPSA) is 55.3 Å². The van der Waals surface area contributed by atoms with Crippen molar-refractivity contribution in [1.82, 2.24) is 9.97 Å². The van der Waals surface area contributed by atoms with Crippen molar-refractivity contribution in [1.29, 1.82) is 0 Å². The summed E-state index contributed by atoms with van der Waals surface area (Å²) in [5.74, 6) is 0.0574. The molecule has 0 radical (unpaired) electrons. The summed E-state index contributed by atoms with van der Waals surface area (Å²) in [6.45, 7) is 3.88. The van der Waals surface area contributed by atoms with Gasteiger partial charge in [0.2, 0.25) is 5.91 Å². The van der Waals surface area contributed by atoms with E-state index in [-0.39, 0.29) is 30.1 Å². The summed E-state index contributed by atoms with van der Waals surface area (Å²) in [6.07, 6.45) is 2.19. The molecule has 31 heavy (non-hydrogen) atoms. The van der Waals surface area contributed by atoms with Crippen LogP contribution in [0.3, 0.4) is 0 Å². The minimum absolute atomic E-state index is 0.101. The standard InChI is InChI=1S/C24H23F2N3O2/c1-15-22(13-27-16(2)28-15)31-14-24(17-4-6-18(25)7-5-17)12-21(24)23(30)29(3)20-10-8-19(26)9-11-20/h4-11,13,21H,12,14H2,1-3H3/t21-,24+/m0/s1. The SMILES string of the molecule is Cc1ncc(OC[C@@]2(c3ccc(F)cc3)C[C@H]2C(=O)N(C)c2ccc(F)cc2)c(C)n1. The number of aryl methyl sites for hydroxylation is 2. The van der Waals surface area contributed by atoms with Crippen LogP contribution in [0.4, 0.5) is 14.5 Å². The lowest BCUT2D eigenvalue weighted by atomic mass is 9.93. The molecule has 0 spiro atoms.